The highest BCUT2D eigenvalue weighted by Gasteiger charge is 2.32. The van der Waals surface area contributed by atoms with Gasteiger partial charge in [0.2, 0.25) is 5.91 Å². The molecule has 2 heterocycles. The van der Waals surface area contributed by atoms with Crippen molar-refractivity contribution in [3.05, 3.63) is 44.1 Å². The summed E-state index contributed by atoms with van der Waals surface area (Å²) in [6.45, 7) is 5.86. The summed E-state index contributed by atoms with van der Waals surface area (Å²) >= 11 is 0. The van der Waals surface area contributed by atoms with Crippen molar-refractivity contribution in [3.63, 3.8) is 0 Å². The lowest BCUT2D eigenvalue weighted by molar-refractivity contribution is -0.117. The first kappa shape index (κ1) is 17.0. The average molecular weight is 342 g/mol. The van der Waals surface area contributed by atoms with Crippen LogP contribution in [0.2, 0.25) is 0 Å². The van der Waals surface area contributed by atoms with E-state index in [2.05, 4.69) is 5.32 Å². The van der Waals surface area contributed by atoms with Crippen molar-refractivity contribution in [2.75, 3.05) is 10.2 Å². The van der Waals surface area contributed by atoms with Gasteiger partial charge in [-0.2, -0.15) is 0 Å². The second-order valence-corrected chi connectivity index (χ2v) is 6.46. The molecule has 0 spiro atoms. The molecule has 132 valence electrons. The molecule has 0 bridgehead atoms. The van der Waals surface area contributed by atoms with E-state index in [1.54, 1.807) is 7.05 Å². The second-order valence-electron chi connectivity index (χ2n) is 6.46. The topological polar surface area (TPSA) is 76.3 Å². The first-order chi connectivity index (χ1) is 11.8. The predicted octanol–water partition coefficient (Wildman–Crippen LogP) is 2.22. The third kappa shape index (κ3) is 2.47. The van der Waals surface area contributed by atoms with Crippen molar-refractivity contribution in [2.45, 2.75) is 33.6 Å². The molecule has 1 aromatic carbocycles. The van der Waals surface area contributed by atoms with E-state index in [1.807, 2.05) is 32.9 Å². The van der Waals surface area contributed by atoms with E-state index in [0.717, 1.165) is 15.7 Å². The number of carbonyl (C=O) groups is 1. The second kappa shape index (κ2) is 5.91. The van der Waals surface area contributed by atoms with Gasteiger partial charge in [0.05, 0.1) is 11.4 Å². The van der Waals surface area contributed by atoms with Crippen molar-refractivity contribution in [3.8, 4) is 0 Å². The van der Waals surface area contributed by atoms with Gasteiger partial charge in [0.15, 0.2) is 5.69 Å². The minimum absolute atomic E-state index is 0.162. The van der Waals surface area contributed by atoms with Gasteiger partial charge >= 0.3 is 5.69 Å². The Morgan fingerprint density at radius 2 is 1.72 bits per heavy atom. The maximum absolute atomic E-state index is 12.8. The van der Waals surface area contributed by atoms with Gasteiger partial charge in [-0.25, -0.2) is 4.79 Å². The molecule has 0 radical (unpaired) electrons. The van der Waals surface area contributed by atoms with Crippen LogP contribution < -0.4 is 21.5 Å². The molecule has 3 rings (SSSR count). The highest BCUT2D eigenvalue weighted by Crippen LogP contribution is 2.42. The normalized spacial score (nSPS) is 12.4. The minimum Gasteiger partial charge on any atom is -0.338 e. The summed E-state index contributed by atoms with van der Waals surface area (Å²) in [6.07, 6.45) is 0.988. The molecule has 0 aliphatic carbocycles. The van der Waals surface area contributed by atoms with E-state index in [4.69, 9.17) is 0 Å². The van der Waals surface area contributed by atoms with E-state index in [-0.39, 0.29) is 11.6 Å². The molecule has 0 fully saturated rings. The Morgan fingerprint density at radius 1 is 1.08 bits per heavy atom. The fourth-order valence-corrected chi connectivity index (χ4v) is 3.09. The van der Waals surface area contributed by atoms with Gasteiger partial charge in [0.25, 0.3) is 5.56 Å². The van der Waals surface area contributed by atoms with Crippen LogP contribution in [0, 0.1) is 13.8 Å². The smallest absolute Gasteiger partial charge is 0.332 e. The van der Waals surface area contributed by atoms with Crippen molar-refractivity contribution in [2.24, 2.45) is 14.1 Å². The molecule has 25 heavy (non-hydrogen) atoms. The zero-order chi connectivity index (χ0) is 18.5. The molecule has 2 aromatic rings. The standard InChI is InChI=1S/C18H22N4O3/c1-6-7-14(23)22-13-9-11(3)10(2)8-12(13)19-16-15(22)17(24)21(5)18(25)20(16)4/h8-9,19H,6-7H2,1-5H3. The molecule has 7 heteroatoms. The van der Waals surface area contributed by atoms with Gasteiger partial charge in [-0.05, 0) is 43.5 Å². The Morgan fingerprint density at radius 3 is 2.36 bits per heavy atom. The summed E-state index contributed by atoms with van der Waals surface area (Å²) in [5, 5.41) is 3.17. The fourth-order valence-electron chi connectivity index (χ4n) is 3.09. The lowest BCUT2D eigenvalue weighted by atomic mass is 10.0. The van der Waals surface area contributed by atoms with Gasteiger partial charge in [0, 0.05) is 20.5 Å². The van der Waals surface area contributed by atoms with Crippen LogP contribution in [0.4, 0.5) is 22.9 Å². The van der Waals surface area contributed by atoms with Gasteiger partial charge in [-0.3, -0.25) is 23.6 Å². The molecule has 1 amide bonds. The zero-order valence-corrected chi connectivity index (χ0v) is 15.1. The van der Waals surface area contributed by atoms with Crippen molar-refractivity contribution >= 4 is 28.8 Å². The zero-order valence-electron chi connectivity index (χ0n) is 15.1. The number of amides is 1. The van der Waals surface area contributed by atoms with E-state index in [9.17, 15) is 14.4 Å². The van der Waals surface area contributed by atoms with Gasteiger partial charge in [-0.1, -0.05) is 6.92 Å². The van der Waals surface area contributed by atoms with Gasteiger partial charge < -0.3 is 5.32 Å². The SMILES string of the molecule is CCCC(=O)N1c2cc(C)c(C)cc2Nc2c1c(=O)n(C)c(=O)n2C. The van der Waals surface area contributed by atoms with Crippen molar-refractivity contribution < 1.29 is 4.79 Å². The number of nitrogens with zero attached hydrogens (tertiary/aromatic N) is 3. The first-order valence-electron chi connectivity index (χ1n) is 8.29. The highest BCUT2D eigenvalue weighted by atomic mass is 16.2. The molecular formula is C18H22N4O3. The largest absolute Gasteiger partial charge is 0.338 e. The van der Waals surface area contributed by atoms with Crippen LogP contribution in [-0.2, 0) is 18.9 Å². The van der Waals surface area contributed by atoms with Crippen LogP contribution in [0.3, 0.4) is 0 Å². The molecule has 1 aliphatic heterocycles. The molecule has 0 saturated carbocycles. The lowest BCUT2D eigenvalue weighted by Crippen LogP contribution is -2.44. The lowest BCUT2D eigenvalue weighted by Gasteiger charge is -2.33. The molecule has 1 aliphatic rings. The number of anilines is 4. The quantitative estimate of drug-likeness (QED) is 0.908. The van der Waals surface area contributed by atoms with E-state index in [0.29, 0.717) is 30.0 Å². The summed E-state index contributed by atoms with van der Waals surface area (Å²) in [5.41, 5.74) is 2.71. The van der Waals surface area contributed by atoms with Crippen LogP contribution in [-0.4, -0.2) is 15.0 Å². The summed E-state index contributed by atoms with van der Waals surface area (Å²) in [4.78, 5) is 39.4. The van der Waals surface area contributed by atoms with E-state index >= 15 is 0 Å². The number of aryl methyl sites for hydroxylation is 2. The Kier molecular flexibility index (Phi) is 4.02. The maximum Gasteiger partial charge on any atom is 0.332 e. The third-order valence-corrected chi connectivity index (χ3v) is 4.68. The number of benzene rings is 1. The summed E-state index contributed by atoms with van der Waals surface area (Å²) < 4.78 is 2.39. The third-order valence-electron chi connectivity index (χ3n) is 4.68. The number of fused-ring (bicyclic) bond motifs is 2. The molecule has 7 nitrogen and oxygen atoms in total. The highest BCUT2D eigenvalue weighted by molar-refractivity contribution is 6.08. The van der Waals surface area contributed by atoms with Crippen LogP contribution >= 0.6 is 0 Å². The van der Waals surface area contributed by atoms with Crippen molar-refractivity contribution in [1.82, 2.24) is 9.13 Å². The molecule has 1 N–H and O–H groups in total. The maximum atomic E-state index is 12.8. The molecule has 0 atom stereocenters. The number of rotatable bonds is 2. The fraction of sp³-hybridized carbons (Fsp3) is 0.389. The number of carbonyl (C=O) groups excluding carboxylic acids is 1. The van der Waals surface area contributed by atoms with Crippen LogP contribution in [0.25, 0.3) is 0 Å². The number of hydrogen-bond donors (Lipinski definition) is 1. The summed E-state index contributed by atoms with van der Waals surface area (Å²) in [7, 11) is 3.01. The van der Waals surface area contributed by atoms with Crippen molar-refractivity contribution in [1.29, 1.82) is 0 Å². The van der Waals surface area contributed by atoms with Gasteiger partial charge in [0.1, 0.15) is 5.82 Å². The van der Waals surface area contributed by atoms with Crippen LogP contribution in [0.5, 0.6) is 0 Å². The molecule has 0 saturated heterocycles. The van der Waals surface area contributed by atoms with E-state index < -0.39 is 11.2 Å². The predicted molar refractivity (Wildman–Crippen MR) is 98.2 cm³/mol. The Balaban J connectivity index is 2.39. The van der Waals surface area contributed by atoms with Crippen LogP contribution in [0.15, 0.2) is 21.7 Å². The van der Waals surface area contributed by atoms with Gasteiger partial charge in [-0.15, -0.1) is 0 Å². The number of hydrogen-bond acceptors (Lipinski definition) is 4. The Hall–Kier alpha value is -2.83. The first-order valence-corrected chi connectivity index (χ1v) is 8.29. The van der Waals surface area contributed by atoms with Crippen LogP contribution in [0.1, 0.15) is 30.9 Å². The Labute approximate surface area is 145 Å². The summed E-state index contributed by atoms with van der Waals surface area (Å²) in [5.74, 6) is 0.179. The molecular weight excluding hydrogens is 320 g/mol. The summed E-state index contributed by atoms with van der Waals surface area (Å²) in [6, 6.07) is 3.83. The minimum atomic E-state index is -0.487. The molecule has 1 aromatic heterocycles. The monoisotopic (exact) mass is 342 g/mol. The van der Waals surface area contributed by atoms with E-state index in [1.165, 1.54) is 16.5 Å². The number of aromatic nitrogens is 2. The Bertz CT molecular complexity index is 1000. The molecule has 0 unspecified atom stereocenters. The number of nitrogens with one attached hydrogen (secondary N) is 1. The average Bonchev–Trinajstić information content (AvgIpc) is 2.57.